The lowest BCUT2D eigenvalue weighted by Gasteiger charge is -2.09. The highest BCUT2D eigenvalue weighted by molar-refractivity contribution is 5.29. The molecule has 0 aliphatic carbocycles. The molecule has 0 saturated carbocycles. The average molecular weight is 330 g/mol. The zero-order valence-corrected chi connectivity index (χ0v) is 14.6. The standard InChI is InChI=1S/C8H6F4.C7H8.2C2H6/c1-5-6(8(10,11)12)3-2-4-7(5)9;1-7-5-3-2-4-6-7;2*1-2/h2-4H,1H3;2-6H,1H3;2*1-2H3. The topological polar surface area (TPSA) is 0 Å². The van der Waals surface area contributed by atoms with Crippen LogP contribution in [0.2, 0.25) is 0 Å². The fraction of sp³-hybridized carbons (Fsp3) is 0.368. The Hall–Kier alpha value is -1.84. The van der Waals surface area contributed by atoms with E-state index in [2.05, 4.69) is 19.1 Å². The molecule has 0 spiro atoms. The van der Waals surface area contributed by atoms with E-state index in [9.17, 15) is 17.6 Å². The van der Waals surface area contributed by atoms with Gasteiger partial charge in [0.05, 0.1) is 5.56 Å². The first-order valence-corrected chi connectivity index (χ1v) is 7.66. The first-order chi connectivity index (χ1) is 10.8. The Morgan fingerprint density at radius 3 is 1.48 bits per heavy atom. The quantitative estimate of drug-likeness (QED) is 0.448. The molecule has 0 radical (unpaired) electrons. The van der Waals surface area contributed by atoms with Gasteiger partial charge in [0.1, 0.15) is 5.82 Å². The van der Waals surface area contributed by atoms with Gasteiger partial charge in [-0.25, -0.2) is 4.39 Å². The zero-order chi connectivity index (χ0) is 18.5. The maximum absolute atomic E-state index is 12.6. The fourth-order valence-electron chi connectivity index (χ4n) is 1.45. The van der Waals surface area contributed by atoms with Crippen LogP contribution in [0.5, 0.6) is 0 Å². The van der Waals surface area contributed by atoms with E-state index in [-0.39, 0.29) is 5.56 Å². The third kappa shape index (κ3) is 9.72. The van der Waals surface area contributed by atoms with E-state index in [1.54, 1.807) is 0 Å². The van der Waals surface area contributed by atoms with Crippen LogP contribution in [0.15, 0.2) is 48.5 Å². The van der Waals surface area contributed by atoms with Gasteiger partial charge in [-0.15, -0.1) is 0 Å². The second kappa shape index (κ2) is 12.7. The highest BCUT2D eigenvalue weighted by Gasteiger charge is 2.32. The maximum Gasteiger partial charge on any atom is 0.416 e. The van der Waals surface area contributed by atoms with Gasteiger partial charge in [0.15, 0.2) is 0 Å². The predicted molar refractivity (Wildman–Crippen MR) is 90.0 cm³/mol. The summed E-state index contributed by atoms with van der Waals surface area (Å²) in [6.45, 7) is 11.2. The molecular formula is C19H26F4. The number of rotatable bonds is 0. The summed E-state index contributed by atoms with van der Waals surface area (Å²) in [5, 5.41) is 0. The molecule has 0 nitrogen and oxygen atoms in total. The Kier molecular flexibility index (Phi) is 12.9. The molecule has 0 saturated heterocycles. The summed E-state index contributed by atoms with van der Waals surface area (Å²) in [5.74, 6) is -0.829. The summed E-state index contributed by atoms with van der Waals surface area (Å²) < 4.78 is 48.8. The van der Waals surface area contributed by atoms with Crippen LogP contribution in [0.3, 0.4) is 0 Å². The molecule has 0 bridgehead atoms. The van der Waals surface area contributed by atoms with Crippen LogP contribution in [-0.2, 0) is 6.18 Å². The molecule has 2 aromatic rings. The van der Waals surface area contributed by atoms with Gasteiger partial charge in [-0.3, -0.25) is 0 Å². The van der Waals surface area contributed by atoms with Crippen molar-refractivity contribution < 1.29 is 17.6 Å². The minimum atomic E-state index is -4.47. The highest BCUT2D eigenvalue weighted by Crippen LogP contribution is 2.32. The lowest BCUT2D eigenvalue weighted by Crippen LogP contribution is -2.08. The van der Waals surface area contributed by atoms with Crippen molar-refractivity contribution >= 4 is 0 Å². The van der Waals surface area contributed by atoms with Crippen LogP contribution in [0.4, 0.5) is 17.6 Å². The molecule has 0 fully saturated rings. The monoisotopic (exact) mass is 330 g/mol. The molecule has 0 amide bonds. The second-order valence-electron chi connectivity index (χ2n) is 4.06. The minimum Gasteiger partial charge on any atom is -0.207 e. The molecular weight excluding hydrogens is 304 g/mol. The molecule has 0 aromatic heterocycles. The van der Waals surface area contributed by atoms with Crippen molar-refractivity contribution in [3.63, 3.8) is 0 Å². The van der Waals surface area contributed by atoms with E-state index < -0.39 is 17.6 Å². The normalized spacial score (nSPS) is 9.30. The molecule has 0 heterocycles. The molecule has 130 valence electrons. The van der Waals surface area contributed by atoms with Gasteiger partial charge in [-0.2, -0.15) is 13.2 Å². The molecule has 2 aromatic carbocycles. The van der Waals surface area contributed by atoms with Crippen molar-refractivity contribution in [1.82, 2.24) is 0 Å². The third-order valence-electron chi connectivity index (χ3n) is 2.51. The van der Waals surface area contributed by atoms with E-state index >= 15 is 0 Å². The number of hydrogen-bond donors (Lipinski definition) is 0. The SMILES string of the molecule is CC.CC.Cc1c(F)cccc1C(F)(F)F.Cc1ccccc1. The van der Waals surface area contributed by atoms with Crippen molar-refractivity contribution in [2.24, 2.45) is 0 Å². The summed E-state index contributed by atoms with van der Waals surface area (Å²) in [5.41, 5.74) is 0.0509. The van der Waals surface area contributed by atoms with Gasteiger partial charge in [0.2, 0.25) is 0 Å². The average Bonchev–Trinajstić information content (AvgIpc) is 2.54. The molecule has 0 atom stereocenters. The molecule has 0 aliphatic rings. The summed E-state index contributed by atoms with van der Waals surface area (Å²) in [7, 11) is 0. The van der Waals surface area contributed by atoms with Gasteiger partial charge >= 0.3 is 6.18 Å². The summed E-state index contributed by atoms with van der Waals surface area (Å²) in [6.07, 6.45) is -4.47. The first kappa shape index (κ1) is 23.4. The van der Waals surface area contributed by atoms with E-state index in [4.69, 9.17) is 0 Å². The summed E-state index contributed by atoms with van der Waals surface area (Å²) in [4.78, 5) is 0. The molecule has 0 N–H and O–H groups in total. The van der Waals surface area contributed by atoms with Crippen molar-refractivity contribution in [3.8, 4) is 0 Å². The van der Waals surface area contributed by atoms with Crippen LogP contribution in [-0.4, -0.2) is 0 Å². The largest absolute Gasteiger partial charge is 0.416 e. The predicted octanol–water partition coefficient (Wildman–Crippen LogP) is 7.20. The van der Waals surface area contributed by atoms with Gasteiger partial charge in [-0.05, 0) is 31.5 Å². The van der Waals surface area contributed by atoms with Crippen molar-refractivity contribution in [3.05, 3.63) is 71.0 Å². The van der Waals surface area contributed by atoms with Crippen molar-refractivity contribution in [2.75, 3.05) is 0 Å². The summed E-state index contributed by atoms with van der Waals surface area (Å²) in [6, 6.07) is 13.2. The second-order valence-corrected chi connectivity index (χ2v) is 4.06. The number of halogens is 4. The molecule has 0 aliphatic heterocycles. The van der Waals surface area contributed by atoms with Crippen LogP contribution in [0.1, 0.15) is 44.4 Å². The zero-order valence-electron chi connectivity index (χ0n) is 14.6. The molecule has 23 heavy (non-hydrogen) atoms. The molecule has 0 unspecified atom stereocenters. The maximum atomic E-state index is 12.6. The van der Waals surface area contributed by atoms with Gasteiger partial charge in [0, 0.05) is 0 Å². The van der Waals surface area contributed by atoms with E-state index in [0.717, 1.165) is 25.1 Å². The van der Waals surface area contributed by atoms with E-state index in [0.29, 0.717) is 0 Å². The Balaban J connectivity index is 0. The van der Waals surface area contributed by atoms with E-state index in [1.807, 2.05) is 45.9 Å². The van der Waals surface area contributed by atoms with Gasteiger partial charge in [0.25, 0.3) is 0 Å². The minimum absolute atomic E-state index is 0.356. The van der Waals surface area contributed by atoms with Crippen molar-refractivity contribution in [2.45, 2.75) is 47.7 Å². The number of alkyl halides is 3. The number of hydrogen-bond acceptors (Lipinski definition) is 0. The molecule has 4 heteroatoms. The van der Waals surface area contributed by atoms with Gasteiger partial charge < -0.3 is 0 Å². The Labute approximate surface area is 137 Å². The van der Waals surface area contributed by atoms with Crippen LogP contribution in [0.25, 0.3) is 0 Å². The Morgan fingerprint density at radius 1 is 0.696 bits per heavy atom. The lowest BCUT2D eigenvalue weighted by atomic mass is 10.1. The van der Waals surface area contributed by atoms with Crippen molar-refractivity contribution in [1.29, 1.82) is 0 Å². The van der Waals surface area contributed by atoms with Crippen LogP contribution in [0, 0.1) is 19.7 Å². The lowest BCUT2D eigenvalue weighted by molar-refractivity contribution is -0.138. The Bertz CT molecular complexity index is 517. The van der Waals surface area contributed by atoms with Gasteiger partial charge in [-0.1, -0.05) is 69.7 Å². The van der Waals surface area contributed by atoms with Crippen LogP contribution >= 0.6 is 0 Å². The highest BCUT2D eigenvalue weighted by atomic mass is 19.4. The fourth-order valence-corrected chi connectivity index (χ4v) is 1.45. The van der Waals surface area contributed by atoms with E-state index in [1.165, 1.54) is 5.56 Å². The Morgan fingerprint density at radius 2 is 1.17 bits per heavy atom. The molecule has 2 rings (SSSR count). The number of benzene rings is 2. The first-order valence-electron chi connectivity index (χ1n) is 7.66. The number of aryl methyl sites for hydroxylation is 1. The smallest absolute Gasteiger partial charge is 0.207 e. The third-order valence-corrected chi connectivity index (χ3v) is 2.51. The summed E-state index contributed by atoms with van der Waals surface area (Å²) >= 11 is 0. The van der Waals surface area contributed by atoms with Crippen LogP contribution < -0.4 is 0 Å².